The monoisotopic (exact) mass is 455 g/mol. The minimum absolute atomic E-state index is 0.00790. The molecule has 0 spiro atoms. The number of non-ortho nitro benzene ring substituents is 1. The molecule has 1 saturated heterocycles. The lowest BCUT2D eigenvalue weighted by Gasteiger charge is -2.33. The summed E-state index contributed by atoms with van der Waals surface area (Å²) in [5, 5.41) is 10.6. The van der Waals surface area contributed by atoms with E-state index in [0.717, 1.165) is 4.31 Å². The number of nitro groups is 1. The summed E-state index contributed by atoms with van der Waals surface area (Å²) in [6.07, 6.45) is 2.71. The van der Waals surface area contributed by atoms with Crippen molar-refractivity contribution < 1.29 is 31.3 Å². The molecule has 1 fully saturated rings. The van der Waals surface area contributed by atoms with Crippen molar-refractivity contribution in [1.82, 2.24) is 9.21 Å². The average Bonchev–Trinajstić information content (AvgIpc) is 2.76. The highest BCUT2D eigenvalue weighted by Crippen LogP contribution is 2.24. The Balaban J connectivity index is 1.64. The second-order valence-electron chi connectivity index (χ2n) is 6.58. The van der Waals surface area contributed by atoms with Gasteiger partial charge in [-0.3, -0.25) is 14.9 Å². The van der Waals surface area contributed by atoms with Gasteiger partial charge in [0.15, 0.2) is 17.5 Å². The number of nitro benzene ring substituents is 1. The van der Waals surface area contributed by atoms with Crippen molar-refractivity contribution in [2.24, 2.45) is 0 Å². The second-order valence-corrected chi connectivity index (χ2v) is 8.49. The molecule has 31 heavy (non-hydrogen) atoms. The molecule has 2 aromatic carbocycles. The SMILES string of the molecule is O=C(/C=C/c1ccc([N+](=O)[O-])cc1)N1CCN(S(=O)(=O)c2ccc(F)c(F)c2F)CC1. The average molecular weight is 455 g/mol. The first-order valence-corrected chi connectivity index (χ1v) is 10.4. The maximum atomic E-state index is 13.9. The third-order valence-electron chi connectivity index (χ3n) is 4.69. The zero-order chi connectivity index (χ0) is 22.8. The van der Waals surface area contributed by atoms with Crippen molar-refractivity contribution in [3.63, 3.8) is 0 Å². The predicted octanol–water partition coefficient (Wildman–Crippen LogP) is 2.56. The lowest BCUT2D eigenvalue weighted by molar-refractivity contribution is -0.384. The topological polar surface area (TPSA) is 101 Å². The first kappa shape index (κ1) is 22.4. The Labute approximate surface area is 175 Å². The summed E-state index contributed by atoms with van der Waals surface area (Å²) in [5.74, 6) is -5.56. The number of carbonyl (C=O) groups excluding carboxylic acids is 1. The van der Waals surface area contributed by atoms with Crippen LogP contribution < -0.4 is 0 Å². The normalized spacial score (nSPS) is 15.4. The summed E-state index contributed by atoms with van der Waals surface area (Å²) in [6.45, 7) is -0.294. The molecule has 1 amide bonds. The van der Waals surface area contributed by atoms with Crippen LogP contribution in [0.5, 0.6) is 0 Å². The zero-order valence-electron chi connectivity index (χ0n) is 15.9. The Kier molecular flexibility index (Phi) is 6.41. The number of hydrogen-bond donors (Lipinski definition) is 0. The number of benzene rings is 2. The highest BCUT2D eigenvalue weighted by atomic mass is 32.2. The molecular formula is C19H16F3N3O5S. The van der Waals surface area contributed by atoms with Crippen LogP contribution in [0.25, 0.3) is 6.08 Å². The van der Waals surface area contributed by atoms with E-state index < -0.39 is 43.2 Å². The molecular weight excluding hydrogens is 439 g/mol. The van der Waals surface area contributed by atoms with Gasteiger partial charge in [0.05, 0.1) is 4.92 Å². The van der Waals surface area contributed by atoms with Crippen molar-refractivity contribution in [2.45, 2.75) is 4.90 Å². The van der Waals surface area contributed by atoms with E-state index >= 15 is 0 Å². The molecule has 0 radical (unpaired) electrons. The molecule has 0 aliphatic carbocycles. The highest BCUT2D eigenvalue weighted by molar-refractivity contribution is 7.89. The molecule has 0 bridgehead atoms. The number of piperazine rings is 1. The van der Waals surface area contributed by atoms with Crippen LogP contribution in [0.3, 0.4) is 0 Å². The number of amides is 1. The van der Waals surface area contributed by atoms with Crippen LogP contribution in [0.2, 0.25) is 0 Å². The third kappa shape index (κ3) is 4.75. The quantitative estimate of drug-likeness (QED) is 0.299. The standard InChI is InChI=1S/C19H16F3N3O5S/c20-15-6-7-16(19(22)18(15)21)31(29,30)24-11-9-23(10-12-24)17(26)8-3-13-1-4-14(5-2-13)25(27)28/h1-8H,9-12H2/b8-3+. The number of carbonyl (C=O) groups is 1. The van der Waals surface area contributed by atoms with E-state index in [1.54, 1.807) is 0 Å². The van der Waals surface area contributed by atoms with Crippen molar-refractivity contribution in [2.75, 3.05) is 26.2 Å². The molecule has 3 rings (SSSR count). The van der Waals surface area contributed by atoms with Gasteiger partial charge in [-0.15, -0.1) is 0 Å². The molecule has 1 heterocycles. The molecule has 12 heteroatoms. The molecule has 1 aliphatic rings. The molecule has 8 nitrogen and oxygen atoms in total. The minimum Gasteiger partial charge on any atom is -0.337 e. The Bertz CT molecular complexity index is 1150. The van der Waals surface area contributed by atoms with E-state index in [2.05, 4.69) is 0 Å². The Morgan fingerprint density at radius 3 is 2.16 bits per heavy atom. The summed E-state index contributed by atoms with van der Waals surface area (Å²) in [7, 11) is -4.41. The van der Waals surface area contributed by atoms with Gasteiger partial charge in [-0.1, -0.05) is 0 Å². The zero-order valence-corrected chi connectivity index (χ0v) is 16.7. The summed E-state index contributed by atoms with van der Waals surface area (Å²) in [5.41, 5.74) is 0.479. The van der Waals surface area contributed by atoms with Gasteiger partial charge in [-0.2, -0.15) is 4.31 Å². The van der Waals surface area contributed by atoms with E-state index in [0.29, 0.717) is 17.7 Å². The van der Waals surface area contributed by atoms with Crippen molar-refractivity contribution in [3.05, 3.63) is 75.6 Å². The Morgan fingerprint density at radius 2 is 1.58 bits per heavy atom. The molecule has 0 saturated carbocycles. The number of rotatable bonds is 5. The largest absolute Gasteiger partial charge is 0.337 e. The van der Waals surface area contributed by atoms with E-state index in [1.807, 2.05) is 0 Å². The van der Waals surface area contributed by atoms with Crippen molar-refractivity contribution >= 4 is 27.7 Å². The second kappa shape index (κ2) is 8.86. The first-order chi connectivity index (χ1) is 14.6. The summed E-state index contributed by atoms with van der Waals surface area (Å²) < 4.78 is 66.4. The van der Waals surface area contributed by atoms with Gasteiger partial charge >= 0.3 is 0 Å². The number of nitrogens with zero attached hydrogens (tertiary/aromatic N) is 3. The third-order valence-corrected chi connectivity index (χ3v) is 6.61. The van der Waals surface area contributed by atoms with Crippen LogP contribution in [0.15, 0.2) is 47.4 Å². The smallest absolute Gasteiger partial charge is 0.269 e. The first-order valence-electron chi connectivity index (χ1n) is 8.96. The summed E-state index contributed by atoms with van der Waals surface area (Å²) in [6, 6.07) is 6.74. The fourth-order valence-corrected chi connectivity index (χ4v) is 4.45. The Hall–Kier alpha value is -3.25. The lowest BCUT2D eigenvalue weighted by atomic mass is 10.2. The van der Waals surface area contributed by atoms with Crippen molar-refractivity contribution in [3.8, 4) is 0 Å². The number of sulfonamides is 1. The number of halogens is 3. The molecule has 2 aromatic rings. The van der Waals surface area contributed by atoms with Crippen LogP contribution in [-0.2, 0) is 14.8 Å². The molecule has 0 N–H and O–H groups in total. The fraction of sp³-hybridized carbons (Fsp3) is 0.211. The van der Waals surface area contributed by atoms with Crippen molar-refractivity contribution in [1.29, 1.82) is 0 Å². The van der Waals surface area contributed by atoms with Gasteiger partial charge in [0, 0.05) is 44.4 Å². The minimum atomic E-state index is -4.41. The maximum absolute atomic E-state index is 13.9. The van der Waals surface area contributed by atoms with Crippen LogP contribution in [0.4, 0.5) is 18.9 Å². The van der Waals surface area contributed by atoms with Crippen LogP contribution in [-0.4, -0.2) is 54.6 Å². The Morgan fingerprint density at radius 1 is 0.968 bits per heavy atom. The van der Waals surface area contributed by atoms with Gasteiger partial charge in [0.2, 0.25) is 15.9 Å². The molecule has 1 aliphatic heterocycles. The summed E-state index contributed by atoms with van der Waals surface area (Å²) >= 11 is 0. The van der Waals surface area contributed by atoms with Gasteiger partial charge in [-0.25, -0.2) is 21.6 Å². The molecule has 0 atom stereocenters. The van der Waals surface area contributed by atoms with Crippen LogP contribution in [0, 0.1) is 27.6 Å². The van der Waals surface area contributed by atoms with Gasteiger partial charge in [-0.05, 0) is 35.9 Å². The fourth-order valence-electron chi connectivity index (χ4n) is 2.98. The predicted molar refractivity (Wildman–Crippen MR) is 104 cm³/mol. The number of hydrogen-bond acceptors (Lipinski definition) is 5. The van der Waals surface area contributed by atoms with Gasteiger partial charge < -0.3 is 4.90 Å². The van der Waals surface area contributed by atoms with Crippen LogP contribution >= 0.6 is 0 Å². The van der Waals surface area contributed by atoms with Gasteiger partial charge in [0.1, 0.15) is 4.90 Å². The van der Waals surface area contributed by atoms with E-state index in [9.17, 15) is 36.5 Å². The lowest BCUT2D eigenvalue weighted by Crippen LogP contribution is -2.50. The van der Waals surface area contributed by atoms with E-state index in [1.165, 1.54) is 41.3 Å². The molecule has 0 aromatic heterocycles. The van der Waals surface area contributed by atoms with Crippen LogP contribution in [0.1, 0.15) is 5.56 Å². The highest BCUT2D eigenvalue weighted by Gasteiger charge is 2.33. The van der Waals surface area contributed by atoms with Gasteiger partial charge in [0.25, 0.3) is 5.69 Å². The summed E-state index contributed by atoms with van der Waals surface area (Å²) in [4.78, 5) is 22.8. The van der Waals surface area contributed by atoms with E-state index in [-0.39, 0.29) is 31.9 Å². The molecule has 164 valence electrons. The maximum Gasteiger partial charge on any atom is 0.269 e. The van der Waals surface area contributed by atoms with E-state index in [4.69, 9.17) is 0 Å². The molecule has 0 unspecified atom stereocenters.